The Bertz CT molecular complexity index is 1400. The molecule has 0 atom stereocenters. The third-order valence-corrected chi connectivity index (χ3v) is 6.42. The molecular formula is C30H23NO4. The lowest BCUT2D eigenvalue weighted by atomic mass is 9.78. The Balaban J connectivity index is 1.34. The van der Waals surface area contributed by atoms with E-state index >= 15 is 0 Å². The number of rotatable bonds is 5. The third kappa shape index (κ3) is 4.02. The first kappa shape index (κ1) is 22.3. The summed E-state index contributed by atoms with van der Waals surface area (Å²) in [7, 11) is 0. The molecule has 5 heteroatoms. The molecule has 172 valence electrons. The van der Waals surface area contributed by atoms with Crippen LogP contribution in [-0.4, -0.2) is 17.8 Å². The van der Waals surface area contributed by atoms with E-state index in [9.17, 15) is 14.4 Å². The van der Waals surface area contributed by atoms with Crippen molar-refractivity contribution in [1.82, 2.24) is 0 Å². The van der Waals surface area contributed by atoms with Gasteiger partial charge >= 0.3 is 5.97 Å². The Morgan fingerprint density at radius 1 is 0.686 bits per heavy atom. The van der Waals surface area contributed by atoms with Gasteiger partial charge in [-0.25, -0.2) is 9.69 Å². The fourth-order valence-electron chi connectivity index (χ4n) is 4.32. The number of benzene rings is 4. The van der Waals surface area contributed by atoms with Crippen molar-refractivity contribution >= 4 is 23.5 Å². The smallest absolute Gasteiger partial charge is 0.343 e. The second-order valence-corrected chi connectivity index (χ2v) is 8.95. The van der Waals surface area contributed by atoms with Crippen molar-refractivity contribution in [3.63, 3.8) is 0 Å². The van der Waals surface area contributed by atoms with Crippen molar-refractivity contribution in [3.05, 3.63) is 131 Å². The summed E-state index contributed by atoms with van der Waals surface area (Å²) >= 11 is 0. The second-order valence-electron chi connectivity index (χ2n) is 8.95. The normalized spacial score (nSPS) is 13.0. The summed E-state index contributed by atoms with van der Waals surface area (Å²) < 4.78 is 5.58. The molecule has 0 saturated heterocycles. The SMILES string of the molecule is CC(C)(c1ccccc1)c1ccc(OC(=O)c2cccc(N3C(=O)c4ccccc4C3=O)c2)cc1. The molecule has 2 amide bonds. The van der Waals surface area contributed by atoms with Crippen LogP contribution in [0.5, 0.6) is 5.75 Å². The van der Waals surface area contributed by atoms with Crippen LogP contribution in [0, 0.1) is 0 Å². The van der Waals surface area contributed by atoms with Crippen LogP contribution in [0.15, 0.2) is 103 Å². The molecule has 0 spiro atoms. The van der Waals surface area contributed by atoms with Gasteiger partial charge in [-0.2, -0.15) is 0 Å². The van der Waals surface area contributed by atoms with Crippen molar-refractivity contribution in [2.75, 3.05) is 4.90 Å². The molecule has 0 saturated carbocycles. The molecule has 0 aromatic heterocycles. The van der Waals surface area contributed by atoms with Gasteiger partial charge in [0, 0.05) is 5.41 Å². The van der Waals surface area contributed by atoms with Gasteiger partial charge in [-0.3, -0.25) is 9.59 Å². The summed E-state index contributed by atoms with van der Waals surface area (Å²) in [6, 6.07) is 30.7. The van der Waals surface area contributed by atoms with E-state index < -0.39 is 17.8 Å². The molecule has 4 aromatic carbocycles. The zero-order chi connectivity index (χ0) is 24.6. The Labute approximate surface area is 203 Å². The Morgan fingerprint density at radius 2 is 1.26 bits per heavy atom. The Morgan fingerprint density at radius 3 is 1.89 bits per heavy atom. The van der Waals surface area contributed by atoms with Crippen LogP contribution < -0.4 is 9.64 Å². The van der Waals surface area contributed by atoms with Crippen LogP contribution in [0.25, 0.3) is 0 Å². The molecule has 35 heavy (non-hydrogen) atoms. The molecule has 0 bridgehead atoms. The fraction of sp³-hybridized carbons (Fsp3) is 0.100. The lowest BCUT2D eigenvalue weighted by Crippen LogP contribution is -2.29. The van der Waals surface area contributed by atoms with Crippen LogP contribution in [0.1, 0.15) is 56.0 Å². The number of fused-ring (bicyclic) bond motifs is 1. The minimum absolute atomic E-state index is 0.204. The van der Waals surface area contributed by atoms with E-state index in [0.29, 0.717) is 22.6 Å². The van der Waals surface area contributed by atoms with Gasteiger partial charge in [0.25, 0.3) is 11.8 Å². The molecule has 0 aliphatic carbocycles. The number of carbonyl (C=O) groups is 3. The van der Waals surface area contributed by atoms with Crippen molar-refractivity contribution in [2.45, 2.75) is 19.3 Å². The summed E-state index contributed by atoms with van der Waals surface area (Å²) in [6.07, 6.45) is 0. The lowest BCUT2D eigenvalue weighted by molar-refractivity contribution is 0.0733. The zero-order valence-corrected chi connectivity index (χ0v) is 19.4. The third-order valence-electron chi connectivity index (χ3n) is 6.42. The van der Waals surface area contributed by atoms with Gasteiger partial charge in [-0.15, -0.1) is 0 Å². The van der Waals surface area contributed by atoms with Crippen LogP contribution in [0.2, 0.25) is 0 Å². The number of hydrogen-bond acceptors (Lipinski definition) is 4. The second kappa shape index (κ2) is 8.69. The summed E-state index contributed by atoms with van der Waals surface area (Å²) in [5.41, 5.74) is 3.35. The van der Waals surface area contributed by atoms with Crippen molar-refractivity contribution in [2.24, 2.45) is 0 Å². The molecule has 5 rings (SSSR count). The predicted molar refractivity (Wildman–Crippen MR) is 134 cm³/mol. The molecule has 1 aliphatic rings. The minimum Gasteiger partial charge on any atom is -0.423 e. The highest BCUT2D eigenvalue weighted by Gasteiger charge is 2.36. The maximum atomic E-state index is 12.9. The number of imide groups is 1. The molecular weight excluding hydrogens is 438 g/mol. The first-order valence-corrected chi connectivity index (χ1v) is 11.3. The highest BCUT2D eigenvalue weighted by atomic mass is 16.5. The van der Waals surface area contributed by atoms with Gasteiger partial charge in [-0.05, 0) is 53.6 Å². The fourth-order valence-corrected chi connectivity index (χ4v) is 4.32. The monoisotopic (exact) mass is 461 g/mol. The van der Waals surface area contributed by atoms with E-state index in [4.69, 9.17) is 4.74 Å². The maximum Gasteiger partial charge on any atom is 0.343 e. The number of carbonyl (C=O) groups excluding carboxylic acids is 3. The van der Waals surface area contributed by atoms with Crippen molar-refractivity contribution in [3.8, 4) is 5.75 Å². The molecule has 0 fully saturated rings. The number of nitrogens with zero attached hydrogens (tertiary/aromatic N) is 1. The van der Waals surface area contributed by atoms with E-state index in [0.717, 1.165) is 10.5 Å². The molecule has 0 N–H and O–H groups in total. The number of esters is 1. The lowest BCUT2D eigenvalue weighted by Gasteiger charge is -2.26. The standard InChI is InChI=1S/C30H23NO4/c1-30(2,21-10-4-3-5-11-21)22-15-17-24(18-16-22)35-29(34)20-9-8-12-23(19-20)31-27(32)25-13-6-7-14-26(25)28(31)33/h3-19H,1-2H3. The van der Waals surface area contributed by atoms with Crippen molar-refractivity contribution < 1.29 is 19.1 Å². The quantitative estimate of drug-likeness (QED) is 0.207. The summed E-state index contributed by atoms with van der Waals surface area (Å²) in [5, 5.41) is 0. The van der Waals surface area contributed by atoms with E-state index in [1.165, 1.54) is 11.6 Å². The topological polar surface area (TPSA) is 63.7 Å². The van der Waals surface area contributed by atoms with E-state index in [1.54, 1.807) is 54.6 Å². The average Bonchev–Trinajstić information content (AvgIpc) is 3.15. The van der Waals surface area contributed by atoms with Gasteiger partial charge in [0.15, 0.2) is 0 Å². The largest absolute Gasteiger partial charge is 0.423 e. The van der Waals surface area contributed by atoms with Crippen molar-refractivity contribution in [1.29, 1.82) is 0 Å². The highest BCUT2D eigenvalue weighted by molar-refractivity contribution is 6.34. The number of anilines is 1. The van der Waals surface area contributed by atoms with Gasteiger partial charge in [0.05, 0.1) is 22.4 Å². The molecule has 1 heterocycles. The van der Waals surface area contributed by atoms with Crippen LogP contribution in [0.4, 0.5) is 5.69 Å². The first-order valence-electron chi connectivity index (χ1n) is 11.3. The highest BCUT2D eigenvalue weighted by Crippen LogP contribution is 2.33. The van der Waals surface area contributed by atoms with Crippen LogP contribution >= 0.6 is 0 Å². The van der Waals surface area contributed by atoms with Gasteiger partial charge < -0.3 is 4.74 Å². The molecule has 1 aliphatic heterocycles. The number of amides is 2. The zero-order valence-electron chi connectivity index (χ0n) is 19.4. The Kier molecular flexibility index (Phi) is 5.53. The number of ether oxygens (including phenoxy) is 1. The van der Waals surface area contributed by atoms with Gasteiger partial charge in [0.1, 0.15) is 5.75 Å². The molecule has 0 radical (unpaired) electrons. The van der Waals surface area contributed by atoms with Crippen LogP contribution in [0.3, 0.4) is 0 Å². The predicted octanol–water partition coefficient (Wildman–Crippen LogP) is 6.03. The average molecular weight is 462 g/mol. The van der Waals surface area contributed by atoms with E-state index in [-0.39, 0.29) is 11.0 Å². The van der Waals surface area contributed by atoms with Gasteiger partial charge in [-0.1, -0.05) is 74.5 Å². The summed E-state index contributed by atoms with van der Waals surface area (Å²) in [4.78, 5) is 39.5. The van der Waals surface area contributed by atoms with E-state index in [1.807, 2.05) is 30.3 Å². The summed E-state index contributed by atoms with van der Waals surface area (Å²) in [5.74, 6) is -0.979. The molecule has 4 aromatic rings. The first-order chi connectivity index (χ1) is 16.9. The maximum absolute atomic E-state index is 12.9. The molecule has 0 unspecified atom stereocenters. The van der Waals surface area contributed by atoms with E-state index in [2.05, 4.69) is 26.0 Å². The summed E-state index contributed by atoms with van der Waals surface area (Å²) in [6.45, 7) is 4.29. The van der Waals surface area contributed by atoms with Crippen LogP contribution in [-0.2, 0) is 5.41 Å². The minimum atomic E-state index is -0.571. The molecule has 5 nitrogen and oxygen atoms in total. The van der Waals surface area contributed by atoms with Gasteiger partial charge in [0.2, 0.25) is 0 Å². The number of hydrogen-bond donors (Lipinski definition) is 0. The Hall–Kier alpha value is -4.51.